The minimum Gasteiger partial charge on any atom is -0.481 e. The van der Waals surface area contributed by atoms with Crippen molar-refractivity contribution in [2.45, 2.75) is 26.8 Å². The van der Waals surface area contributed by atoms with Crippen LogP contribution in [0.3, 0.4) is 0 Å². The highest BCUT2D eigenvalue weighted by Gasteiger charge is 2.32. The molecule has 166 valence electrons. The summed E-state index contributed by atoms with van der Waals surface area (Å²) in [6.07, 6.45) is 3.23. The van der Waals surface area contributed by atoms with E-state index >= 15 is 0 Å². The topological polar surface area (TPSA) is 79.6 Å². The van der Waals surface area contributed by atoms with Crippen molar-refractivity contribution in [1.29, 1.82) is 0 Å². The van der Waals surface area contributed by atoms with Crippen molar-refractivity contribution in [3.63, 3.8) is 0 Å². The average molecular weight is 471 g/mol. The Morgan fingerprint density at radius 3 is 2.41 bits per heavy atom. The zero-order valence-electron chi connectivity index (χ0n) is 18.2. The Balaban J connectivity index is 2.17. The van der Waals surface area contributed by atoms with Gasteiger partial charge in [0.15, 0.2) is 0 Å². The quantitative estimate of drug-likeness (QED) is 0.618. The van der Waals surface area contributed by atoms with Crippen LogP contribution < -0.4 is 9.86 Å². The largest absolute Gasteiger partial charge is 0.481 e. The van der Waals surface area contributed by atoms with Crippen LogP contribution in [0.2, 0.25) is 5.02 Å². The Labute approximate surface area is 193 Å². The van der Waals surface area contributed by atoms with Crippen LogP contribution in [0.25, 0.3) is 22.3 Å². The summed E-state index contributed by atoms with van der Waals surface area (Å²) in [7, 11) is 0.335. The van der Waals surface area contributed by atoms with Gasteiger partial charge in [0, 0.05) is 41.7 Å². The van der Waals surface area contributed by atoms with Crippen LogP contribution in [-0.4, -0.2) is 26.1 Å². The van der Waals surface area contributed by atoms with E-state index in [9.17, 15) is 18.9 Å². The van der Waals surface area contributed by atoms with Crippen molar-refractivity contribution in [3.05, 3.63) is 74.2 Å². The lowest BCUT2D eigenvalue weighted by Crippen LogP contribution is -2.31. The molecule has 0 saturated heterocycles. The number of hydrogen-bond acceptors (Lipinski definition) is 3. The Morgan fingerprint density at radius 2 is 1.81 bits per heavy atom. The second-order valence-electron chi connectivity index (χ2n) is 8.03. The summed E-state index contributed by atoms with van der Waals surface area (Å²) < 4.78 is 16.0. The number of carboxylic acids is 1. The molecule has 2 heterocycles. The fraction of sp³-hybridized carbons (Fsp3) is 0.250. The van der Waals surface area contributed by atoms with E-state index in [2.05, 4.69) is 0 Å². The zero-order chi connectivity index (χ0) is 23.3. The summed E-state index contributed by atoms with van der Waals surface area (Å²) in [5.74, 6) is -0.939. The number of rotatable bonds is 4. The number of benzene rings is 2. The Morgan fingerprint density at radius 1 is 1.16 bits per heavy atom. The van der Waals surface area contributed by atoms with E-state index in [1.54, 1.807) is 42.0 Å². The summed E-state index contributed by atoms with van der Waals surface area (Å²) in [5, 5.41) is 10.3. The molecule has 1 aliphatic heterocycles. The van der Waals surface area contributed by atoms with Gasteiger partial charge in [-0.3, -0.25) is 13.9 Å². The third kappa shape index (κ3) is 3.65. The van der Waals surface area contributed by atoms with Gasteiger partial charge < -0.3 is 9.67 Å². The monoisotopic (exact) mass is 470 g/mol. The first-order valence-electron chi connectivity index (χ1n) is 10.0. The molecule has 1 unspecified atom stereocenters. The molecule has 1 N–H and O–H groups in total. The number of aromatic nitrogens is 1. The minimum atomic E-state index is -1.37. The van der Waals surface area contributed by atoms with Crippen LogP contribution in [-0.2, 0) is 35.8 Å². The number of nitrogens with zero attached hydrogens (tertiary/aromatic N) is 2. The number of halogens is 1. The molecule has 1 atom stereocenters. The molecule has 1 aliphatic rings. The number of hydrogen-bond donors (Lipinski definition) is 1. The summed E-state index contributed by atoms with van der Waals surface area (Å²) in [4.78, 5) is 24.1. The van der Waals surface area contributed by atoms with Crippen molar-refractivity contribution in [2.75, 3.05) is 10.6 Å². The van der Waals surface area contributed by atoms with E-state index in [4.69, 9.17) is 11.6 Å². The van der Waals surface area contributed by atoms with E-state index in [1.165, 1.54) is 4.57 Å². The molecule has 0 spiro atoms. The molecule has 0 aliphatic carbocycles. The summed E-state index contributed by atoms with van der Waals surface area (Å²) in [6.45, 7) is 4.14. The Kier molecular flexibility index (Phi) is 5.73. The highest BCUT2D eigenvalue weighted by atomic mass is 35.5. The van der Waals surface area contributed by atoms with Crippen LogP contribution in [0.1, 0.15) is 22.3 Å². The summed E-state index contributed by atoms with van der Waals surface area (Å²) in [6, 6.07) is 8.89. The van der Waals surface area contributed by atoms with Gasteiger partial charge in [-0.25, -0.2) is 4.21 Å². The normalized spacial score (nSPS) is 13.5. The minimum absolute atomic E-state index is 0.135. The molecule has 0 radical (unpaired) electrons. The first-order valence-corrected chi connectivity index (χ1v) is 11.9. The lowest BCUT2D eigenvalue weighted by atomic mass is 9.81. The predicted molar refractivity (Wildman–Crippen MR) is 129 cm³/mol. The van der Waals surface area contributed by atoms with Gasteiger partial charge in [-0.05, 0) is 59.4 Å². The number of aliphatic carboxylic acids is 1. The number of aryl methyl sites for hydroxylation is 1. The average Bonchev–Trinajstić information content (AvgIpc) is 2.72. The molecular formula is C24H23ClN2O4S. The van der Waals surface area contributed by atoms with E-state index < -0.39 is 17.0 Å². The van der Waals surface area contributed by atoms with Crippen LogP contribution in [0.15, 0.2) is 41.3 Å². The number of pyridine rings is 1. The Hall–Kier alpha value is -2.90. The van der Waals surface area contributed by atoms with Crippen molar-refractivity contribution < 1.29 is 14.1 Å². The maximum atomic E-state index is 12.7. The summed E-state index contributed by atoms with van der Waals surface area (Å²) in [5.41, 5.74) is 7.18. The standard InChI is InChI=1S/C24H23ClN2O4S/c1-13-18(10-21(29)30)22(15-5-7-17(25)8-6-15)14(2)23-19-12-26(3)20(28)9-16(19)11-27(24(13)23)32(4)31/h5-9,12H,10-11H2,1-4H3,(H,29,30). The van der Waals surface area contributed by atoms with E-state index in [0.717, 1.165) is 44.6 Å². The van der Waals surface area contributed by atoms with Gasteiger partial charge in [-0.2, -0.15) is 0 Å². The lowest BCUT2D eigenvalue weighted by molar-refractivity contribution is -0.136. The fourth-order valence-electron chi connectivity index (χ4n) is 4.55. The first-order chi connectivity index (χ1) is 15.1. The number of fused-ring (bicyclic) bond motifs is 3. The van der Waals surface area contributed by atoms with Gasteiger partial charge in [0.1, 0.15) is 11.0 Å². The van der Waals surface area contributed by atoms with Crippen LogP contribution >= 0.6 is 11.6 Å². The predicted octanol–water partition coefficient (Wildman–Crippen LogP) is 4.23. The maximum Gasteiger partial charge on any atom is 0.307 e. The van der Waals surface area contributed by atoms with E-state index in [-0.39, 0.29) is 12.0 Å². The molecule has 2 aromatic carbocycles. The van der Waals surface area contributed by atoms with E-state index in [1.807, 2.05) is 26.0 Å². The van der Waals surface area contributed by atoms with Gasteiger partial charge in [0.2, 0.25) is 0 Å². The smallest absolute Gasteiger partial charge is 0.307 e. The van der Waals surface area contributed by atoms with Crippen LogP contribution in [0.5, 0.6) is 0 Å². The van der Waals surface area contributed by atoms with Crippen molar-refractivity contribution in [3.8, 4) is 22.3 Å². The third-order valence-electron chi connectivity index (χ3n) is 6.01. The SMILES string of the molecule is Cc1c(-c2ccc(Cl)cc2)c(CC(=O)O)c(C)c2c1-c1cn(C)c(=O)cc1CN2S(C)=O. The lowest BCUT2D eigenvalue weighted by Gasteiger charge is -2.35. The zero-order valence-corrected chi connectivity index (χ0v) is 19.8. The fourth-order valence-corrected chi connectivity index (χ4v) is 5.48. The molecule has 0 bridgehead atoms. The highest BCUT2D eigenvalue weighted by Crippen LogP contribution is 2.48. The van der Waals surface area contributed by atoms with Crippen molar-refractivity contribution in [1.82, 2.24) is 4.57 Å². The van der Waals surface area contributed by atoms with Gasteiger partial charge >= 0.3 is 5.97 Å². The molecule has 1 aromatic heterocycles. The first kappa shape index (κ1) is 22.3. The maximum absolute atomic E-state index is 12.7. The second-order valence-corrected chi connectivity index (χ2v) is 9.75. The van der Waals surface area contributed by atoms with Crippen molar-refractivity contribution >= 4 is 34.2 Å². The molecule has 6 nitrogen and oxygen atoms in total. The molecule has 0 fully saturated rings. The molecule has 3 aromatic rings. The van der Waals surface area contributed by atoms with Gasteiger partial charge in [0.25, 0.3) is 5.56 Å². The third-order valence-corrected chi connectivity index (χ3v) is 7.20. The van der Waals surface area contributed by atoms with Gasteiger partial charge in [-0.1, -0.05) is 23.7 Å². The molecule has 0 amide bonds. The van der Waals surface area contributed by atoms with Crippen LogP contribution in [0, 0.1) is 13.8 Å². The molecule has 32 heavy (non-hydrogen) atoms. The Bertz CT molecular complexity index is 1350. The van der Waals surface area contributed by atoms with Crippen molar-refractivity contribution in [2.24, 2.45) is 7.05 Å². The number of carboxylic acid groups (broad SMARTS) is 1. The van der Waals surface area contributed by atoms with Gasteiger partial charge in [-0.15, -0.1) is 0 Å². The van der Waals surface area contributed by atoms with E-state index in [0.29, 0.717) is 17.1 Å². The van der Waals surface area contributed by atoms with Crippen LogP contribution in [0.4, 0.5) is 5.69 Å². The molecule has 0 saturated carbocycles. The second kappa shape index (κ2) is 8.22. The molecular weight excluding hydrogens is 448 g/mol. The molecule has 4 rings (SSSR count). The number of anilines is 1. The highest BCUT2D eigenvalue weighted by molar-refractivity contribution is 7.85. The number of carbonyl (C=O) groups is 1. The van der Waals surface area contributed by atoms with Gasteiger partial charge in [0.05, 0.1) is 18.7 Å². The molecule has 8 heteroatoms. The summed E-state index contributed by atoms with van der Waals surface area (Å²) >= 11 is 6.10.